The Hall–Kier alpha value is -2.26. The van der Waals surface area contributed by atoms with E-state index in [-0.39, 0.29) is 32.0 Å². The molecule has 1 aliphatic heterocycles. The lowest BCUT2D eigenvalue weighted by atomic mass is 10.2. The fourth-order valence-corrected chi connectivity index (χ4v) is 2.28. The Kier molecular flexibility index (Phi) is 4.53. The van der Waals surface area contributed by atoms with E-state index in [1.165, 1.54) is 23.2 Å². The van der Waals surface area contributed by atoms with Crippen molar-refractivity contribution in [2.24, 2.45) is 0 Å². The molecule has 9 heteroatoms. The zero-order valence-electron chi connectivity index (χ0n) is 13.4. The summed E-state index contributed by atoms with van der Waals surface area (Å²) in [5, 5.41) is 23.4. The maximum absolute atomic E-state index is 12.8. The molecule has 0 N–H and O–H groups in total. The van der Waals surface area contributed by atoms with E-state index in [2.05, 4.69) is 4.98 Å². The first-order chi connectivity index (χ1) is 10.6. The number of hydrogen-bond donors (Lipinski definition) is 0. The first-order valence-electron chi connectivity index (χ1n) is 7.28. The van der Waals surface area contributed by atoms with Crippen LogP contribution in [0.2, 0.25) is 0 Å². The molecule has 1 amide bonds. The Morgan fingerprint density at radius 3 is 2.39 bits per heavy atom. The van der Waals surface area contributed by atoms with Crippen LogP contribution in [0.25, 0.3) is 0 Å². The van der Waals surface area contributed by atoms with Crippen LogP contribution in [0.4, 0.5) is 16.3 Å². The highest BCUT2D eigenvalue weighted by Crippen LogP contribution is 2.25. The Morgan fingerprint density at radius 1 is 1.35 bits per heavy atom. The Morgan fingerprint density at radius 2 is 1.96 bits per heavy atom. The van der Waals surface area contributed by atoms with Crippen molar-refractivity contribution >= 4 is 17.6 Å². The van der Waals surface area contributed by atoms with Gasteiger partial charge in [-0.25, -0.2) is 4.79 Å². The molecule has 0 spiro atoms. The summed E-state index contributed by atoms with van der Waals surface area (Å²) < 4.78 is 4.62. The maximum Gasteiger partial charge on any atom is 0.410 e. The fourth-order valence-electron chi connectivity index (χ4n) is 2.28. The number of amides is 1. The van der Waals surface area contributed by atoms with Gasteiger partial charge in [-0.1, -0.05) is 0 Å². The van der Waals surface area contributed by atoms with Crippen LogP contribution in [-0.2, 0) is 4.74 Å². The lowest BCUT2D eigenvalue weighted by Crippen LogP contribution is -2.58. The van der Waals surface area contributed by atoms with Crippen LogP contribution in [0.3, 0.4) is 0 Å². The fraction of sp³-hybridized carbons (Fsp3) is 0.571. The number of carbonyl (C=O) groups is 1. The first kappa shape index (κ1) is 17.1. The highest BCUT2D eigenvalue weighted by atomic mass is 16.6. The molecule has 1 fully saturated rings. The molecule has 23 heavy (non-hydrogen) atoms. The van der Waals surface area contributed by atoms with E-state index < -0.39 is 21.3 Å². The summed E-state index contributed by atoms with van der Waals surface area (Å²) in [6, 6.07) is 2.63. The third kappa shape index (κ3) is 4.14. The van der Waals surface area contributed by atoms with Gasteiger partial charge in [0.15, 0.2) is 5.69 Å². The summed E-state index contributed by atoms with van der Waals surface area (Å²) in [5.41, 5.74) is -0.236. The van der Waals surface area contributed by atoms with Gasteiger partial charge >= 0.3 is 11.9 Å². The molecule has 1 aromatic heterocycles. The minimum atomic E-state index is -0.662. The molecule has 126 valence electrons. The lowest BCUT2D eigenvalue weighted by molar-refractivity contribution is -0.389. The van der Waals surface area contributed by atoms with E-state index in [1.807, 2.05) is 0 Å². The molecule has 0 aromatic carbocycles. The first-order valence-corrected chi connectivity index (χ1v) is 7.28. The number of hydrogen-bond acceptors (Lipinski definition) is 6. The number of pyridine rings is 1. The molecule has 1 aromatic rings. The molecule has 1 aliphatic rings. The number of aromatic nitrogens is 1. The standard InChI is InChI=1S/C14H20N4O5/c1-14(2,3)23-13(19)16-6-8-18(22,9-7-16)11-4-5-12(15-10-11)17(20)21/h4-5,10H,6-9H2,1-3H3. The second kappa shape index (κ2) is 6.09. The number of nitro groups is 1. The van der Waals surface area contributed by atoms with E-state index >= 15 is 0 Å². The molecule has 9 nitrogen and oxygen atoms in total. The van der Waals surface area contributed by atoms with Crippen molar-refractivity contribution in [3.05, 3.63) is 33.7 Å². The third-order valence-corrected chi connectivity index (χ3v) is 3.50. The van der Waals surface area contributed by atoms with Crippen molar-refractivity contribution in [1.29, 1.82) is 0 Å². The Bertz CT molecular complexity index is 588. The third-order valence-electron chi connectivity index (χ3n) is 3.50. The van der Waals surface area contributed by atoms with E-state index in [1.54, 1.807) is 20.8 Å². The van der Waals surface area contributed by atoms with Crippen molar-refractivity contribution in [2.75, 3.05) is 26.2 Å². The zero-order valence-corrected chi connectivity index (χ0v) is 13.4. The summed E-state index contributed by atoms with van der Waals surface area (Å²) in [6.45, 7) is 6.17. The average Bonchev–Trinajstić information content (AvgIpc) is 2.46. The molecule has 0 bridgehead atoms. The zero-order chi connectivity index (χ0) is 17.3. The summed E-state index contributed by atoms with van der Waals surface area (Å²) in [5.74, 6) is -0.298. The van der Waals surface area contributed by atoms with Gasteiger partial charge in [0.2, 0.25) is 6.20 Å². The molecule has 0 aliphatic carbocycles. The van der Waals surface area contributed by atoms with Crippen molar-refractivity contribution in [1.82, 2.24) is 14.5 Å². The van der Waals surface area contributed by atoms with Crippen molar-refractivity contribution < 1.29 is 14.5 Å². The monoisotopic (exact) mass is 324 g/mol. The van der Waals surface area contributed by atoms with Crippen LogP contribution in [0.5, 0.6) is 0 Å². The average molecular weight is 324 g/mol. The topological polar surface area (TPSA) is 109 Å². The summed E-state index contributed by atoms with van der Waals surface area (Å²) in [7, 11) is 0. The lowest BCUT2D eigenvalue weighted by Gasteiger charge is -2.46. The van der Waals surface area contributed by atoms with E-state index in [4.69, 9.17) is 4.74 Å². The van der Waals surface area contributed by atoms with Gasteiger partial charge in [-0.2, -0.15) is 0 Å². The highest BCUT2D eigenvalue weighted by molar-refractivity contribution is 5.68. The van der Waals surface area contributed by atoms with E-state index in [0.29, 0.717) is 5.69 Å². The predicted molar refractivity (Wildman–Crippen MR) is 83.6 cm³/mol. The van der Waals surface area contributed by atoms with Crippen LogP contribution < -0.4 is 4.65 Å². The van der Waals surface area contributed by atoms with Crippen LogP contribution in [0.1, 0.15) is 20.8 Å². The van der Waals surface area contributed by atoms with Crippen LogP contribution in [0.15, 0.2) is 18.3 Å². The summed E-state index contributed by atoms with van der Waals surface area (Å²) in [4.78, 5) is 27.2. The van der Waals surface area contributed by atoms with Gasteiger partial charge in [0.1, 0.15) is 18.7 Å². The normalized spacial score (nSPS) is 17.7. The number of ether oxygens (including phenoxy) is 1. The molecule has 2 rings (SSSR count). The van der Waals surface area contributed by atoms with E-state index in [0.717, 1.165) is 0 Å². The summed E-state index contributed by atoms with van der Waals surface area (Å²) >= 11 is 0. The van der Waals surface area contributed by atoms with Crippen LogP contribution >= 0.6 is 0 Å². The van der Waals surface area contributed by atoms with Gasteiger partial charge in [-0.15, -0.1) is 0 Å². The second-order valence-corrected chi connectivity index (χ2v) is 6.44. The quantitative estimate of drug-likeness (QED) is 0.356. The molecule has 0 unspecified atom stereocenters. The number of quaternary nitrogens is 1. The molecular formula is C14H20N4O5. The number of carbonyl (C=O) groups excluding carboxylic acids is 1. The number of nitrogens with zero attached hydrogens (tertiary/aromatic N) is 4. The van der Waals surface area contributed by atoms with Crippen molar-refractivity contribution in [2.45, 2.75) is 26.4 Å². The Balaban J connectivity index is 2.02. The Labute approximate surface area is 133 Å². The van der Waals surface area contributed by atoms with Gasteiger partial charge in [-0.3, -0.25) is 4.90 Å². The second-order valence-electron chi connectivity index (χ2n) is 6.44. The minimum Gasteiger partial charge on any atom is -0.627 e. The molecule has 2 heterocycles. The van der Waals surface area contributed by atoms with Crippen LogP contribution in [-0.4, -0.2) is 52.7 Å². The summed E-state index contributed by atoms with van der Waals surface area (Å²) in [6.07, 6.45) is 0.791. The predicted octanol–water partition coefficient (Wildman–Crippen LogP) is 2.05. The van der Waals surface area contributed by atoms with Gasteiger partial charge < -0.3 is 24.7 Å². The van der Waals surface area contributed by atoms with Gasteiger partial charge in [-0.05, 0) is 30.7 Å². The van der Waals surface area contributed by atoms with Gasteiger partial charge in [0, 0.05) is 12.1 Å². The SMILES string of the molecule is CC(C)(C)OC(=O)N1CC[N+]([O-])(c2ccc([N+](=O)[O-])nc2)CC1. The highest BCUT2D eigenvalue weighted by Gasteiger charge is 2.33. The number of hydroxylamine groups is 2. The molecule has 0 saturated carbocycles. The van der Waals surface area contributed by atoms with E-state index in [9.17, 15) is 20.1 Å². The van der Waals surface area contributed by atoms with Crippen molar-refractivity contribution in [3.8, 4) is 0 Å². The molecule has 0 radical (unpaired) electrons. The smallest absolute Gasteiger partial charge is 0.410 e. The molecule has 0 atom stereocenters. The maximum atomic E-state index is 12.8. The van der Waals surface area contributed by atoms with Gasteiger partial charge in [0.05, 0.1) is 13.1 Å². The number of rotatable bonds is 2. The molecule has 1 saturated heterocycles. The largest absolute Gasteiger partial charge is 0.627 e. The van der Waals surface area contributed by atoms with Gasteiger partial charge in [0.25, 0.3) is 0 Å². The van der Waals surface area contributed by atoms with Crippen molar-refractivity contribution in [3.63, 3.8) is 0 Å². The molecular weight excluding hydrogens is 304 g/mol. The number of piperazine rings is 1. The minimum absolute atomic E-state index is 0.152. The van der Waals surface area contributed by atoms with Crippen LogP contribution in [0, 0.1) is 15.3 Å².